The molecule has 0 radical (unpaired) electrons. The van der Waals surface area contributed by atoms with Crippen molar-refractivity contribution in [2.45, 2.75) is 0 Å². The lowest BCUT2D eigenvalue weighted by molar-refractivity contribution is 0.501. The molecule has 1 rings (SSSR count). The van der Waals surface area contributed by atoms with E-state index in [4.69, 9.17) is 5.26 Å². The van der Waals surface area contributed by atoms with Crippen molar-refractivity contribution in [3.8, 4) is 6.07 Å². The van der Waals surface area contributed by atoms with E-state index in [-0.39, 0.29) is 4.88 Å². The number of nitrogens with zero attached hydrogens (tertiary/aromatic N) is 1. The van der Waals surface area contributed by atoms with E-state index in [1.165, 1.54) is 0 Å². The van der Waals surface area contributed by atoms with E-state index in [2.05, 4.69) is 0 Å². The zero-order valence-electron chi connectivity index (χ0n) is 5.22. The van der Waals surface area contributed by atoms with E-state index in [1.54, 1.807) is 6.07 Å². The van der Waals surface area contributed by atoms with Crippen LogP contribution in [0.1, 0.15) is 4.88 Å². The average Bonchev–Trinajstić information content (AvgIpc) is 2.32. The van der Waals surface area contributed by atoms with E-state index in [1.807, 2.05) is 0 Å². The summed E-state index contributed by atoms with van der Waals surface area (Å²) in [4.78, 5) is 0.0965. The van der Waals surface area contributed by atoms with Crippen LogP contribution in [0.3, 0.4) is 0 Å². The summed E-state index contributed by atoms with van der Waals surface area (Å²) in [5, 5.41) is 9.17. The van der Waals surface area contributed by atoms with Gasteiger partial charge in [-0.3, -0.25) is 0 Å². The molecule has 0 unspecified atom stereocenters. The maximum Gasteiger partial charge on any atom is 0.510 e. The molecule has 0 aliphatic rings. The minimum atomic E-state index is -4.93. The standard InChI is InChI=1S/C5H2BF3NS/c7-6(8,9)4-1-5(2-10)11-3-4/h1,3H/q-1. The van der Waals surface area contributed by atoms with Crippen molar-refractivity contribution in [2.24, 2.45) is 0 Å². The summed E-state index contributed by atoms with van der Waals surface area (Å²) in [6.07, 6.45) is 0. The molecule has 6 heteroatoms. The molecule has 0 N–H and O–H groups in total. The second-order valence-electron chi connectivity index (χ2n) is 1.93. The lowest BCUT2D eigenvalue weighted by Crippen LogP contribution is -2.32. The Balaban J connectivity index is 3.01. The Labute approximate surface area is 65.1 Å². The maximum absolute atomic E-state index is 11.9. The first-order valence-electron chi connectivity index (χ1n) is 2.72. The highest BCUT2D eigenvalue weighted by atomic mass is 32.1. The molecule has 0 aromatic carbocycles. The first-order valence-corrected chi connectivity index (χ1v) is 3.60. The van der Waals surface area contributed by atoms with E-state index in [0.717, 1.165) is 22.8 Å². The smallest absolute Gasteiger partial charge is 0.445 e. The molecule has 0 atom stereocenters. The fourth-order valence-corrected chi connectivity index (χ4v) is 1.32. The lowest BCUT2D eigenvalue weighted by atomic mass is 9.82. The summed E-state index contributed by atoms with van der Waals surface area (Å²) in [7, 11) is 0. The van der Waals surface area contributed by atoms with Crippen LogP contribution >= 0.6 is 11.3 Å². The molecule has 11 heavy (non-hydrogen) atoms. The Bertz CT molecular complexity index is 297. The molecule has 1 aromatic rings. The van der Waals surface area contributed by atoms with Crippen LogP contribution in [0.15, 0.2) is 11.4 Å². The van der Waals surface area contributed by atoms with Gasteiger partial charge in [0.25, 0.3) is 0 Å². The monoisotopic (exact) mass is 176 g/mol. The van der Waals surface area contributed by atoms with Gasteiger partial charge in [0.1, 0.15) is 10.9 Å². The first kappa shape index (κ1) is 8.14. The minimum absolute atomic E-state index is 0.0965. The molecule has 0 aliphatic carbocycles. The van der Waals surface area contributed by atoms with Crippen LogP contribution in [0.4, 0.5) is 12.9 Å². The molecule has 0 saturated carbocycles. The molecule has 1 aromatic heterocycles. The van der Waals surface area contributed by atoms with E-state index in [9.17, 15) is 12.9 Å². The molecule has 0 bridgehead atoms. The molecule has 0 aliphatic heterocycles. The molecule has 0 amide bonds. The number of rotatable bonds is 1. The molecular formula is C5H2BF3NS-. The van der Waals surface area contributed by atoms with Gasteiger partial charge in [-0.15, -0.1) is 11.3 Å². The fraction of sp³-hybridized carbons (Fsp3) is 0. The zero-order valence-corrected chi connectivity index (χ0v) is 6.04. The van der Waals surface area contributed by atoms with Gasteiger partial charge < -0.3 is 12.9 Å². The van der Waals surface area contributed by atoms with Gasteiger partial charge in [0.05, 0.1) is 0 Å². The maximum atomic E-state index is 11.9. The average molecular weight is 176 g/mol. The summed E-state index contributed by atoms with van der Waals surface area (Å²) < 4.78 is 35.7. The second-order valence-corrected chi connectivity index (χ2v) is 2.84. The molecule has 1 nitrogen and oxygen atoms in total. The second kappa shape index (κ2) is 2.59. The van der Waals surface area contributed by atoms with E-state index in [0.29, 0.717) is 0 Å². The summed E-state index contributed by atoms with van der Waals surface area (Å²) in [5.41, 5.74) is -0.688. The normalized spacial score (nSPS) is 11.1. The third-order valence-electron chi connectivity index (χ3n) is 1.11. The fourth-order valence-electron chi connectivity index (χ4n) is 0.581. The largest absolute Gasteiger partial charge is 0.510 e. The van der Waals surface area contributed by atoms with Crippen molar-refractivity contribution >= 4 is 23.8 Å². The van der Waals surface area contributed by atoms with Gasteiger partial charge in [-0.05, 0) is 5.38 Å². The highest BCUT2D eigenvalue weighted by Crippen LogP contribution is 2.14. The quantitative estimate of drug-likeness (QED) is 0.597. The van der Waals surface area contributed by atoms with Crippen molar-refractivity contribution < 1.29 is 12.9 Å². The SMILES string of the molecule is N#Cc1cc([B-](F)(F)F)cs1. The summed E-state index contributed by atoms with van der Waals surface area (Å²) in [6.45, 7) is -4.93. The highest BCUT2D eigenvalue weighted by molar-refractivity contribution is 7.12. The molecule has 0 spiro atoms. The third kappa shape index (κ3) is 1.74. The third-order valence-corrected chi connectivity index (χ3v) is 1.96. The Kier molecular flexibility index (Phi) is 1.91. The van der Waals surface area contributed by atoms with Gasteiger partial charge in [0.2, 0.25) is 0 Å². The van der Waals surface area contributed by atoms with Crippen molar-refractivity contribution in [1.82, 2.24) is 0 Å². The molecular weight excluding hydrogens is 174 g/mol. The summed E-state index contributed by atoms with van der Waals surface area (Å²) >= 11 is 0.811. The molecule has 58 valence electrons. The Morgan fingerprint density at radius 1 is 1.45 bits per heavy atom. The van der Waals surface area contributed by atoms with E-state index >= 15 is 0 Å². The number of hydrogen-bond acceptors (Lipinski definition) is 2. The first-order chi connectivity index (χ1) is 5.04. The molecule has 1 heterocycles. The van der Waals surface area contributed by atoms with Crippen molar-refractivity contribution in [2.75, 3.05) is 0 Å². The van der Waals surface area contributed by atoms with Crippen LogP contribution in [0, 0.1) is 11.3 Å². The van der Waals surface area contributed by atoms with Crippen molar-refractivity contribution in [3.63, 3.8) is 0 Å². The molecule has 0 saturated heterocycles. The number of hydrogen-bond donors (Lipinski definition) is 0. The van der Waals surface area contributed by atoms with Crippen LogP contribution in [0.25, 0.3) is 0 Å². The highest BCUT2D eigenvalue weighted by Gasteiger charge is 2.26. The molecule has 0 fully saturated rings. The topological polar surface area (TPSA) is 23.8 Å². The predicted molar refractivity (Wildman–Crippen MR) is 37.7 cm³/mol. The summed E-state index contributed by atoms with van der Waals surface area (Å²) in [5.74, 6) is 0. The van der Waals surface area contributed by atoms with Gasteiger partial charge in [0.15, 0.2) is 0 Å². The predicted octanol–water partition coefficient (Wildman–Crippen LogP) is 1.67. The van der Waals surface area contributed by atoms with Gasteiger partial charge in [-0.2, -0.15) is 5.26 Å². The Morgan fingerprint density at radius 2 is 2.09 bits per heavy atom. The number of nitriles is 1. The van der Waals surface area contributed by atoms with Crippen LogP contribution in [-0.4, -0.2) is 6.98 Å². The van der Waals surface area contributed by atoms with Crippen LogP contribution in [0.5, 0.6) is 0 Å². The van der Waals surface area contributed by atoms with Crippen molar-refractivity contribution in [1.29, 1.82) is 5.26 Å². The zero-order chi connectivity index (χ0) is 8.48. The Hall–Kier alpha value is -0.955. The van der Waals surface area contributed by atoms with Crippen molar-refractivity contribution in [3.05, 3.63) is 16.3 Å². The van der Waals surface area contributed by atoms with Crippen LogP contribution in [0.2, 0.25) is 0 Å². The number of thiophene rings is 1. The summed E-state index contributed by atoms with van der Waals surface area (Å²) in [6, 6.07) is 2.51. The number of halogens is 3. The van der Waals surface area contributed by atoms with Crippen LogP contribution < -0.4 is 5.46 Å². The van der Waals surface area contributed by atoms with E-state index < -0.39 is 12.4 Å². The van der Waals surface area contributed by atoms with Gasteiger partial charge in [-0.1, -0.05) is 11.5 Å². The van der Waals surface area contributed by atoms with Gasteiger partial charge in [0, 0.05) is 0 Å². The lowest BCUT2D eigenvalue weighted by Gasteiger charge is -2.10. The van der Waals surface area contributed by atoms with Crippen LogP contribution in [-0.2, 0) is 0 Å². The minimum Gasteiger partial charge on any atom is -0.445 e. The Morgan fingerprint density at radius 3 is 2.36 bits per heavy atom. The van der Waals surface area contributed by atoms with Gasteiger partial charge in [-0.25, -0.2) is 0 Å². The van der Waals surface area contributed by atoms with Gasteiger partial charge >= 0.3 is 6.98 Å².